The molecular weight excluding hydrogens is 553 g/mol. The van der Waals surface area contributed by atoms with Crippen molar-refractivity contribution >= 4 is 17.7 Å². The van der Waals surface area contributed by atoms with Gasteiger partial charge < -0.3 is 25.6 Å². The third kappa shape index (κ3) is 5.70. The van der Waals surface area contributed by atoms with Gasteiger partial charge in [0.05, 0.1) is 12.3 Å². The van der Waals surface area contributed by atoms with Gasteiger partial charge in [-0.2, -0.15) is 10.2 Å². The molecule has 10 nitrogen and oxygen atoms in total. The molecule has 42 heavy (non-hydrogen) atoms. The minimum atomic E-state index is -4.82. The first-order valence-electron chi connectivity index (χ1n) is 14.3. The highest BCUT2D eigenvalue weighted by Gasteiger charge is 2.58. The number of hydrogen-bond acceptors (Lipinski definition) is 9. The third-order valence-corrected chi connectivity index (χ3v) is 9.51. The molecule has 0 spiro atoms. The summed E-state index contributed by atoms with van der Waals surface area (Å²) >= 11 is 0. The molecule has 224 valence electrons. The zero-order valence-electron chi connectivity index (χ0n) is 22.8. The second-order valence-electron chi connectivity index (χ2n) is 12.3. The van der Waals surface area contributed by atoms with Crippen LogP contribution in [0.4, 0.5) is 24.9 Å². The van der Waals surface area contributed by atoms with Crippen molar-refractivity contribution in [3.05, 3.63) is 41.6 Å². The highest BCUT2D eigenvalue weighted by molar-refractivity contribution is 5.74. The van der Waals surface area contributed by atoms with E-state index in [1.807, 2.05) is 0 Å². The van der Waals surface area contributed by atoms with Crippen molar-refractivity contribution in [2.75, 3.05) is 23.7 Å². The number of para-hydroxylation sites is 1. The number of β-amino-alcohol motifs (C(OH)–C–C–N with tert-alkyl or cyclic N) is 1. The van der Waals surface area contributed by atoms with Crippen LogP contribution < -0.4 is 15.4 Å². The number of aliphatic hydroxyl groups is 1. The molecular formula is C29H33F3N6O4. The van der Waals surface area contributed by atoms with Gasteiger partial charge in [-0.25, -0.2) is 4.98 Å². The lowest BCUT2D eigenvalue weighted by Crippen LogP contribution is -2.62. The maximum Gasteiger partial charge on any atom is 0.573 e. The van der Waals surface area contributed by atoms with Crippen molar-refractivity contribution in [1.82, 2.24) is 14.9 Å². The number of likely N-dealkylation sites (tertiary alicyclic amines) is 1. The first-order valence-corrected chi connectivity index (χ1v) is 14.3. The molecule has 4 saturated carbocycles. The fraction of sp³-hybridized carbons (Fsp3) is 0.586. The number of anilines is 2. The molecule has 0 radical (unpaired) electrons. The summed E-state index contributed by atoms with van der Waals surface area (Å²) in [5, 5.41) is 36.1. The van der Waals surface area contributed by atoms with E-state index in [-0.39, 0.29) is 47.2 Å². The summed E-state index contributed by atoms with van der Waals surface area (Å²) < 4.78 is 42.5. The zero-order chi connectivity index (χ0) is 29.6. The number of aliphatic carboxylic acids is 1. The van der Waals surface area contributed by atoms with E-state index in [1.165, 1.54) is 24.4 Å². The number of carboxylic acids is 1. The average molecular weight is 587 g/mol. The molecule has 5 aliphatic rings. The van der Waals surface area contributed by atoms with Crippen molar-refractivity contribution in [3.63, 3.8) is 0 Å². The van der Waals surface area contributed by atoms with Crippen LogP contribution in [0.2, 0.25) is 0 Å². The minimum absolute atomic E-state index is 0.0107. The maximum absolute atomic E-state index is 12.8. The van der Waals surface area contributed by atoms with Crippen molar-refractivity contribution in [1.29, 1.82) is 5.26 Å². The Balaban J connectivity index is 1.14. The lowest BCUT2D eigenvalue weighted by molar-refractivity contribution is -0.274. The van der Waals surface area contributed by atoms with Crippen LogP contribution in [-0.2, 0) is 11.3 Å². The van der Waals surface area contributed by atoms with Crippen LogP contribution in [0.25, 0.3) is 0 Å². The van der Waals surface area contributed by atoms with Gasteiger partial charge in [0.25, 0.3) is 0 Å². The van der Waals surface area contributed by atoms with Gasteiger partial charge in [0, 0.05) is 37.7 Å². The summed E-state index contributed by atoms with van der Waals surface area (Å²) in [6.07, 6.45) is 1.27. The second kappa shape index (κ2) is 10.9. The molecule has 4 aliphatic carbocycles. The zero-order valence-corrected chi connectivity index (χ0v) is 22.8. The number of benzene rings is 1. The van der Waals surface area contributed by atoms with Gasteiger partial charge in [-0.1, -0.05) is 18.2 Å². The van der Waals surface area contributed by atoms with Crippen LogP contribution in [0.1, 0.15) is 49.7 Å². The number of carboxylic acid groups (broad SMARTS) is 1. The SMILES string of the molecule is N#Cc1cnc(NCc2ccccc2OC(F)(F)F)nc1NCC12CC3C[C@H](C1)C(N1C[C@H](O)CC1C(=O)O)[C@@H](C3)C2. The van der Waals surface area contributed by atoms with Gasteiger partial charge in [-0.15, -0.1) is 13.2 Å². The number of ether oxygens (including phenoxy) is 1. The minimum Gasteiger partial charge on any atom is -0.480 e. The number of aromatic nitrogens is 2. The summed E-state index contributed by atoms with van der Waals surface area (Å²) in [4.78, 5) is 22.6. The maximum atomic E-state index is 12.8. The predicted molar refractivity (Wildman–Crippen MR) is 144 cm³/mol. The molecule has 2 aromatic rings. The number of aliphatic hydroxyl groups excluding tert-OH is 1. The van der Waals surface area contributed by atoms with Gasteiger partial charge in [0.2, 0.25) is 5.95 Å². The topological polar surface area (TPSA) is 144 Å². The molecule has 7 atom stereocenters. The number of nitrogens with one attached hydrogen (secondary N) is 2. The number of carbonyl (C=O) groups is 1. The molecule has 7 rings (SSSR count). The van der Waals surface area contributed by atoms with Crippen LogP contribution in [0, 0.1) is 34.5 Å². The number of hydrogen-bond donors (Lipinski definition) is 4. The average Bonchev–Trinajstić information content (AvgIpc) is 3.31. The van der Waals surface area contributed by atoms with Crippen molar-refractivity contribution in [2.24, 2.45) is 23.2 Å². The highest BCUT2D eigenvalue weighted by atomic mass is 19.4. The molecule has 4 bridgehead atoms. The molecule has 0 amide bonds. The molecule has 13 heteroatoms. The van der Waals surface area contributed by atoms with Crippen LogP contribution in [-0.4, -0.2) is 68.7 Å². The molecule has 1 aromatic carbocycles. The Bertz CT molecular complexity index is 1370. The van der Waals surface area contributed by atoms with Gasteiger partial charge in [-0.3, -0.25) is 9.69 Å². The molecule has 1 aliphatic heterocycles. The van der Waals surface area contributed by atoms with Crippen LogP contribution >= 0.6 is 0 Å². The second-order valence-corrected chi connectivity index (χ2v) is 12.3. The first-order chi connectivity index (χ1) is 20.0. The Labute approximate surface area is 240 Å². The molecule has 5 fully saturated rings. The smallest absolute Gasteiger partial charge is 0.480 e. The Hall–Kier alpha value is -3.63. The van der Waals surface area contributed by atoms with Crippen LogP contribution in [0.5, 0.6) is 5.75 Å². The van der Waals surface area contributed by atoms with E-state index in [4.69, 9.17) is 0 Å². The van der Waals surface area contributed by atoms with E-state index < -0.39 is 24.5 Å². The van der Waals surface area contributed by atoms with Crippen LogP contribution in [0.15, 0.2) is 30.5 Å². The number of rotatable bonds is 9. The van der Waals surface area contributed by atoms with E-state index in [0.717, 1.165) is 32.1 Å². The Morgan fingerprint density at radius 3 is 2.60 bits per heavy atom. The number of nitriles is 1. The van der Waals surface area contributed by atoms with E-state index >= 15 is 0 Å². The van der Waals surface area contributed by atoms with E-state index in [0.29, 0.717) is 36.7 Å². The first kappa shape index (κ1) is 28.5. The fourth-order valence-corrected chi connectivity index (χ4v) is 8.34. The third-order valence-electron chi connectivity index (χ3n) is 9.51. The standard InChI is InChI=1S/C29H33F3N6O4/c30-29(31,32)42-23-4-2-1-3-17(23)12-34-27-35-13-20(11-33)25(37-27)36-15-28-8-16-5-18(9-28)24(19(6-16)10-28)38-14-21(39)7-22(38)26(40)41/h1-4,13,16,18-19,21-22,24,39H,5-10,12,14-15H2,(H,40,41)(H2,34,35,36,37)/t16?,18-,19+,21-,22?,24?,28?/m1/s1. The van der Waals surface area contributed by atoms with Gasteiger partial charge in [-0.05, 0) is 61.3 Å². The normalized spacial score (nSPS) is 32.0. The highest BCUT2D eigenvalue weighted by Crippen LogP contribution is 2.61. The van der Waals surface area contributed by atoms with Gasteiger partial charge in [0.15, 0.2) is 0 Å². The predicted octanol–water partition coefficient (Wildman–Crippen LogP) is 3.99. The van der Waals surface area contributed by atoms with E-state index in [2.05, 4.69) is 36.3 Å². The van der Waals surface area contributed by atoms with Gasteiger partial charge in [0.1, 0.15) is 29.2 Å². The van der Waals surface area contributed by atoms with Crippen molar-refractivity contribution < 1.29 is 32.9 Å². The molecule has 4 unspecified atom stereocenters. The lowest BCUT2D eigenvalue weighted by atomic mass is 9.47. The lowest BCUT2D eigenvalue weighted by Gasteiger charge is -2.62. The summed E-state index contributed by atoms with van der Waals surface area (Å²) in [5.41, 5.74) is 0.527. The number of halogens is 3. The molecule has 1 aromatic heterocycles. The largest absolute Gasteiger partial charge is 0.573 e. The summed E-state index contributed by atoms with van der Waals surface area (Å²) in [5.74, 6) is 0.595. The molecule has 2 heterocycles. The Kier molecular flexibility index (Phi) is 7.39. The summed E-state index contributed by atoms with van der Waals surface area (Å²) in [7, 11) is 0. The fourth-order valence-electron chi connectivity index (χ4n) is 8.34. The Morgan fingerprint density at radius 2 is 1.90 bits per heavy atom. The number of nitrogens with zero attached hydrogens (tertiary/aromatic N) is 4. The monoisotopic (exact) mass is 586 g/mol. The van der Waals surface area contributed by atoms with E-state index in [9.17, 15) is 33.4 Å². The quantitative estimate of drug-likeness (QED) is 0.341. The number of alkyl halides is 3. The molecule has 4 N–H and O–H groups in total. The van der Waals surface area contributed by atoms with Gasteiger partial charge >= 0.3 is 12.3 Å². The summed E-state index contributed by atoms with van der Waals surface area (Å²) in [6, 6.07) is 7.43. The molecule has 1 saturated heterocycles. The van der Waals surface area contributed by atoms with Crippen molar-refractivity contribution in [3.8, 4) is 11.8 Å². The Morgan fingerprint density at radius 1 is 1.17 bits per heavy atom. The van der Waals surface area contributed by atoms with Crippen molar-refractivity contribution in [2.45, 2.75) is 69.6 Å². The van der Waals surface area contributed by atoms with E-state index in [1.54, 1.807) is 6.07 Å². The summed E-state index contributed by atoms with van der Waals surface area (Å²) in [6.45, 7) is 0.984. The van der Waals surface area contributed by atoms with Crippen LogP contribution in [0.3, 0.4) is 0 Å².